The van der Waals surface area contributed by atoms with Gasteiger partial charge in [-0.05, 0) is 31.5 Å². The quantitative estimate of drug-likeness (QED) is 0.753. The molecule has 0 bridgehead atoms. The number of aromatic nitrogens is 1. The molecule has 2 amide bonds. The standard InChI is InChI=1S/C17H24N4O2.ClH/c22-16-6-3-7-17(23)21(16)10-4-9-19-11-13-20(14-12-19)15-5-1-2-8-18-15;/h1-2,5,8H,3-4,6-7,9-14H2;1H. The van der Waals surface area contributed by atoms with Crippen LogP contribution in [0.4, 0.5) is 5.82 Å². The van der Waals surface area contributed by atoms with E-state index in [9.17, 15) is 9.59 Å². The van der Waals surface area contributed by atoms with Gasteiger partial charge in [0.25, 0.3) is 0 Å². The summed E-state index contributed by atoms with van der Waals surface area (Å²) < 4.78 is 0. The molecule has 0 aliphatic carbocycles. The summed E-state index contributed by atoms with van der Waals surface area (Å²) in [6, 6.07) is 5.99. The molecule has 0 spiro atoms. The summed E-state index contributed by atoms with van der Waals surface area (Å²) in [5.74, 6) is 1.04. The highest BCUT2D eigenvalue weighted by molar-refractivity contribution is 5.97. The van der Waals surface area contributed by atoms with Gasteiger partial charge in [0.1, 0.15) is 5.82 Å². The second kappa shape index (κ2) is 8.99. The second-order valence-corrected chi connectivity index (χ2v) is 6.16. The van der Waals surface area contributed by atoms with Crippen molar-refractivity contribution in [2.45, 2.75) is 25.7 Å². The number of anilines is 1. The average Bonchev–Trinajstić information content (AvgIpc) is 2.59. The van der Waals surface area contributed by atoms with Crippen LogP contribution in [0.15, 0.2) is 24.4 Å². The van der Waals surface area contributed by atoms with Crippen molar-refractivity contribution in [3.63, 3.8) is 0 Å². The van der Waals surface area contributed by atoms with Gasteiger partial charge >= 0.3 is 0 Å². The Morgan fingerprint density at radius 1 is 0.958 bits per heavy atom. The van der Waals surface area contributed by atoms with Crippen molar-refractivity contribution in [2.24, 2.45) is 0 Å². The van der Waals surface area contributed by atoms with Crippen molar-refractivity contribution in [1.29, 1.82) is 0 Å². The van der Waals surface area contributed by atoms with E-state index < -0.39 is 0 Å². The molecule has 1 aromatic heterocycles. The lowest BCUT2D eigenvalue weighted by molar-refractivity contribution is -0.148. The number of carbonyl (C=O) groups excluding carboxylic acids is 2. The molecule has 3 rings (SSSR count). The number of imide groups is 1. The number of piperidine rings is 1. The SMILES string of the molecule is Cl.O=C1CCCC(=O)N1CCCN1CCN(c2ccccn2)CC1. The minimum Gasteiger partial charge on any atom is -0.354 e. The first-order valence-electron chi connectivity index (χ1n) is 8.45. The van der Waals surface area contributed by atoms with Gasteiger partial charge in [-0.1, -0.05) is 6.07 Å². The predicted molar refractivity (Wildman–Crippen MR) is 95.3 cm³/mol. The highest BCUT2D eigenvalue weighted by Gasteiger charge is 2.25. The van der Waals surface area contributed by atoms with E-state index in [0.29, 0.717) is 25.8 Å². The smallest absolute Gasteiger partial charge is 0.229 e. The summed E-state index contributed by atoms with van der Waals surface area (Å²) in [6.07, 6.45) is 4.45. The summed E-state index contributed by atoms with van der Waals surface area (Å²) in [5, 5.41) is 0. The highest BCUT2D eigenvalue weighted by atomic mass is 35.5. The number of rotatable bonds is 5. The predicted octanol–water partition coefficient (Wildman–Crippen LogP) is 1.55. The van der Waals surface area contributed by atoms with Gasteiger partial charge in [0.05, 0.1) is 0 Å². The first-order chi connectivity index (χ1) is 11.2. The van der Waals surface area contributed by atoms with E-state index in [1.54, 1.807) is 0 Å². The van der Waals surface area contributed by atoms with Crippen LogP contribution in [0, 0.1) is 0 Å². The van der Waals surface area contributed by atoms with Crippen molar-refractivity contribution in [3.05, 3.63) is 24.4 Å². The molecule has 7 heteroatoms. The van der Waals surface area contributed by atoms with Gasteiger partial charge < -0.3 is 4.90 Å². The Bertz CT molecular complexity index is 531. The first kappa shape index (κ1) is 18.7. The third-order valence-corrected chi connectivity index (χ3v) is 4.59. The van der Waals surface area contributed by atoms with E-state index in [0.717, 1.165) is 45.0 Å². The fraction of sp³-hybridized carbons (Fsp3) is 0.588. The Hall–Kier alpha value is -1.66. The lowest BCUT2D eigenvalue weighted by atomic mass is 10.1. The molecule has 2 saturated heterocycles. The van der Waals surface area contributed by atoms with Gasteiger partial charge in [-0.15, -0.1) is 12.4 Å². The normalized spacial score (nSPS) is 19.3. The van der Waals surface area contributed by atoms with Gasteiger partial charge in [-0.3, -0.25) is 19.4 Å². The molecule has 0 radical (unpaired) electrons. The number of halogens is 1. The molecule has 2 fully saturated rings. The molecule has 0 atom stereocenters. The molecule has 0 aromatic carbocycles. The number of likely N-dealkylation sites (tertiary alicyclic amines) is 1. The topological polar surface area (TPSA) is 56.8 Å². The zero-order valence-corrected chi connectivity index (χ0v) is 14.7. The molecule has 0 N–H and O–H groups in total. The number of hydrogen-bond acceptors (Lipinski definition) is 5. The zero-order chi connectivity index (χ0) is 16.1. The molecular weight excluding hydrogens is 328 g/mol. The van der Waals surface area contributed by atoms with Crippen molar-refractivity contribution >= 4 is 30.0 Å². The van der Waals surface area contributed by atoms with Crippen LogP contribution in [0.2, 0.25) is 0 Å². The lowest BCUT2D eigenvalue weighted by Crippen LogP contribution is -2.47. The summed E-state index contributed by atoms with van der Waals surface area (Å²) in [6.45, 7) is 5.44. The van der Waals surface area contributed by atoms with Crippen LogP contribution in [0.3, 0.4) is 0 Å². The second-order valence-electron chi connectivity index (χ2n) is 6.16. The lowest BCUT2D eigenvalue weighted by Gasteiger charge is -2.35. The summed E-state index contributed by atoms with van der Waals surface area (Å²) >= 11 is 0. The van der Waals surface area contributed by atoms with Crippen molar-refractivity contribution < 1.29 is 9.59 Å². The fourth-order valence-electron chi connectivity index (χ4n) is 3.24. The van der Waals surface area contributed by atoms with E-state index in [1.807, 2.05) is 24.4 Å². The molecule has 132 valence electrons. The van der Waals surface area contributed by atoms with Crippen LogP contribution in [-0.4, -0.2) is 65.9 Å². The van der Waals surface area contributed by atoms with Crippen molar-refractivity contribution in [3.8, 4) is 0 Å². The van der Waals surface area contributed by atoms with Crippen LogP contribution >= 0.6 is 12.4 Å². The molecule has 0 unspecified atom stereocenters. The molecule has 1 aromatic rings. The maximum absolute atomic E-state index is 11.8. The average molecular weight is 353 g/mol. The summed E-state index contributed by atoms with van der Waals surface area (Å²) in [4.78, 5) is 34.1. The van der Waals surface area contributed by atoms with Gasteiger partial charge in [-0.2, -0.15) is 0 Å². The molecule has 2 aliphatic rings. The fourth-order valence-corrected chi connectivity index (χ4v) is 3.24. The Labute approximate surface area is 149 Å². The van der Waals surface area contributed by atoms with E-state index >= 15 is 0 Å². The number of carbonyl (C=O) groups is 2. The van der Waals surface area contributed by atoms with Crippen LogP contribution in [-0.2, 0) is 9.59 Å². The van der Waals surface area contributed by atoms with E-state index in [-0.39, 0.29) is 24.2 Å². The van der Waals surface area contributed by atoms with Crippen LogP contribution in [0.1, 0.15) is 25.7 Å². The third kappa shape index (κ3) is 4.68. The van der Waals surface area contributed by atoms with Crippen LogP contribution < -0.4 is 4.90 Å². The molecular formula is C17H25ClN4O2. The van der Waals surface area contributed by atoms with Crippen molar-refractivity contribution in [1.82, 2.24) is 14.8 Å². The van der Waals surface area contributed by atoms with E-state index in [4.69, 9.17) is 0 Å². The number of pyridine rings is 1. The number of nitrogens with zero attached hydrogens (tertiary/aromatic N) is 4. The van der Waals surface area contributed by atoms with Gasteiger partial charge in [0.15, 0.2) is 0 Å². The van der Waals surface area contributed by atoms with Crippen LogP contribution in [0.25, 0.3) is 0 Å². The maximum atomic E-state index is 11.8. The zero-order valence-electron chi connectivity index (χ0n) is 13.9. The molecule has 24 heavy (non-hydrogen) atoms. The van der Waals surface area contributed by atoms with Crippen molar-refractivity contribution in [2.75, 3.05) is 44.2 Å². The monoisotopic (exact) mass is 352 g/mol. The number of piperazine rings is 1. The summed E-state index contributed by atoms with van der Waals surface area (Å²) in [7, 11) is 0. The molecule has 0 saturated carbocycles. The van der Waals surface area contributed by atoms with E-state index in [2.05, 4.69) is 14.8 Å². The summed E-state index contributed by atoms with van der Waals surface area (Å²) in [5.41, 5.74) is 0. The van der Waals surface area contributed by atoms with Gasteiger partial charge in [-0.25, -0.2) is 4.98 Å². The first-order valence-corrected chi connectivity index (χ1v) is 8.45. The molecule has 2 aliphatic heterocycles. The van der Waals surface area contributed by atoms with Crippen LogP contribution in [0.5, 0.6) is 0 Å². The highest BCUT2D eigenvalue weighted by Crippen LogP contribution is 2.14. The molecule has 3 heterocycles. The van der Waals surface area contributed by atoms with Gasteiger partial charge in [0, 0.05) is 51.8 Å². The Morgan fingerprint density at radius 3 is 2.29 bits per heavy atom. The molecule has 6 nitrogen and oxygen atoms in total. The third-order valence-electron chi connectivity index (χ3n) is 4.59. The number of hydrogen-bond donors (Lipinski definition) is 0. The van der Waals surface area contributed by atoms with Gasteiger partial charge in [0.2, 0.25) is 11.8 Å². The largest absolute Gasteiger partial charge is 0.354 e. The minimum absolute atomic E-state index is 0. The van der Waals surface area contributed by atoms with E-state index in [1.165, 1.54) is 4.90 Å². The Kier molecular flexibility index (Phi) is 6.99. The Morgan fingerprint density at radius 2 is 1.67 bits per heavy atom. The Balaban J connectivity index is 0.00000208. The maximum Gasteiger partial charge on any atom is 0.229 e. The minimum atomic E-state index is 0. The number of amides is 2.